The van der Waals surface area contributed by atoms with Crippen molar-refractivity contribution in [3.63, 3.8) is 0 Å². The van der Waals surface area contributed by atoms with Crippen LogP contribution in [-0.4, -0.2) is 38.9 Å². The molecule has 6 nitrogen and oxygen atoms in total. The number of methoxy groups -OCH3 is 1. The van der Waals surface area contributed by atoms with Gasteiger partial charge in [0, 0.05) is 36.6 Å². The summed E-state index contributed by atoms with van der Waals surface area (Å²) in [4.78, 5) is 13.3. The van der Waals surface area contributed by atoms with E-state index in [0.717, 1.165) is 17.1 Å². The maximum absolute atomic E-state index is 12.9. The van der Waals surface area contributed by atoms with Crippen molar-refractivity contribution in [1.82, 2.24) is 0 Å². The molecule has 0 aromatic heterocycles. The molecule has 2 heterocycles. The number of benzene rings is 2. The molecule has 2 aromatic rings. The van der Waals surface area contributed by atoms with Crippen LogP contribution in [0.5, 0.6) is 11.5 Å². The van der Waals surface area contributed by atoms with Gasteiger partial charge in [-0.3, -0.25) is 4.79 Å². The zero-order chi connectivity index (χ0) is 21.3. The highest BCUT2D eigenvalue weighted by molar-refractivity contribution is 5.95. The third-order valence-corrected chi connectivity index (χ3v) is 5.38. The van der Waals surface area contributed by atoms with Gasteiger partial charge >= 0.3 is 6.18 Å². The van der Waals surface area contributed by atoms with Gasteiger partial charge in [0.25, 0.3) is 5.91 Å². The summed E-state index contributed by atoms with van der Waals surface area (Å²) in [6.07, 6.45) is -3.97. The number of anilines is 4. The molecule has 1 amide bonds. The Morgan fingerprint density at radius 3 is 2.53 bits per heavy atom. The standard InChI is InChI=1S/C21H22F3N3O3/c1-29-19-11-15(25-14-2-4-16-18(10-14)30-12-20(28)26-16)3-5-17(19)27-8-6-13(7-9-27)21(22,23)24/h2-5,10-11,13,25H,6-9,12H2,1H3,(H,26,28). The van der Waals surface area contributed by atoms with Crippen LogP contribution in [0.4, 0.5) is 35.9 Å². The van der Waals surface area contributed by atoms with Crippen LogP contribution in [0.25, 0.3) is 0 Å². The van der Waals surface area contributed by atoms with E-state index >= 15 is 0 Å². The molecule has 160 valence electrons. The van der Waals surface area contributed by atoms with Gasteiger partial charge in [-0.05, 0) is 37.1 Å². The predicted molar refractivity (Wildman–Crippen MR) is 108 cm³/mol. The van der Waals surface area contributed by atoms with Gasteiger partial charge in [0.05, 0.1) is 24.4 Å². The van der Waals surface area contributed by atoms with E-state index in [0.29, 0.717) is 30.3 Å². The monoisotopic (exact) mass is 421 g/mol. The lowest BCUT2D eigenvalue weighted by atomic mass is 9.96. The molecule has 9 heteroatoms. The highest BCUT2D eigenvalue weighted by atomic mass is 19.4. The molecule has 1 saturated heterocycles. The SMILES string of the molecule is COc1cc(Nc2ccc3c(c2)OCC(=O)N3)ccc1N1CCC(C(F)(F)F)CC1. The van der Waals surface area contributed by atoms with Crippen molar-refractivity contribution in [2.45, 2.75) is 19.0 Å². The Bertz CT molecular complexity index is 941. The summed E-state index contributed by atoms with van der Waals surface area (Å²) in [5, 5.41) is 5.99. The number of halogens is 3. The first-order valence-electron chi connectivity index (χ1n) is 9.67. The number of hydrogen-bond donors (Lipinski definition) is 2. The van der Waals surface area contributed by atoms with Gasteiger partial charge in [-0.25, -0.2) is 0 Å². The fourth-order valence-electron chi connectivity index (χ4n) is 3.78. The van der Waals surface area contributed by atoms with Crippen LogP contribution in [0.2, 0.25) is 0 Å². The van der Waals surface area contributed by atoms with Crippen LogP contribution in [0.15, 0.2) is 36.4 Å². The minimum Gasteiger partial charge on any atom is -0.495 e. The zero-order valence-electron chi connectivity index (χ0n) is 16.4. The number of rotatable bonds is 4. The third-order valence-electron chi connectivity index (χ3n) is 5.38. The molecule has 2 N–H and O–H groups in total. The number of ether oxygens (including phenoxy) is 2. The molecule has 2 aliphatic rings. The van der Waals surface area contributed by atoms with Crippen molar-refractivity contribution in [1.29, 1.82) is 0 Å². The van der Waals surface area contributed by atoms with Crippen LogP contribution in [0, 0.1) is 5.92 Å². The van der Waals surface area contributed by atoms with E-state index in [1.54, 1.807) is 19.2 Å². The Kier molecular flexibility index (Phi) is 5.36. The molecule has 2 aromatic carbocycles. The largest absolute Gasteiger partial charge is 0.495 e. The normalized spacial score (nSPS) is 17.1. The summed E-state index contributed by atoms with van der Waals surface area (Å²) < 4.78 is 49.7. The van der Waals surface area contributed by atoms with Crippen LogP contribution in [-0.2, 0) is 4.79 Å². The average Bonchev–Trinajstić information content (AvgIpc) is 2.73. The van der Waals surface area contributed by atoms with Crippen LogP contribution >= 0.6 is 0 Å². The second-order valence-corrected chi connectivity index (χ2v) is 7.36. The number of hydrogen-bond acceptors (Lipinski definition) is 5. The van der Waals surface area contributed by atoms with Crippen molar-refractivity contribution >= 4 is 28.7 Å². The molecular weight excluding hydrogens is 399 g/mol. The van der Waals surface area contributed by atoms with E-state index in [1.165, 1.54) is 0 Å². The molecule has 0 bridgehead atoms. The van der Waals surface area contributed by atoms with Crippen LogP contribution in [0.1, 0.15) is 12.8 Å². The van der Waals surface area contributed by atoms with E-state index in [-0.39, 0.29) is 25.4 Å². The Labute approximate surface area is 172 Å². The van der Waals surface area contributed by atoms with Crippen molar-refractivity contribution in [3.8, 4) is 11.5 Å². The summed E-state index contributed by atoms with van der Waals surface area (Å²) >= 11 is 0. The lowest BCUT2D eigenvalue weighted by molar-refractivity contribution is -0.179. The molecule has 0 aliphatic carbocycles. The molecule has 0 spiro atoms. The Balaban J connectivity index is 1.47. The maximum Gasteiger partial charge on any atom is 0.391 e. The summed E-state index contributed by atoms with van der Waals surface area (Å²) in [6, 6.07) is 10.9. The number of amides is 1. The van der Waals surface area contributed by atoms with Crippen molar-refractivity contribution in [2.75, 3.05) is 42.3 Å². The van der Waals surface area contributed by atoms with E-state index in [4.69, 9.17) is 9.47 Å². The summed E-state index contributed by atoms with van der Waals surface area (Å²) in [5.74, 6) is -0.262. The minimum absolute atomic E-state index is 0.0238. The van der Waals surface area contributed by atoms with Crippen LogP contribution in [0.3, 0.4) is 0 Å². The summed E-state index contributed by atoms with van der Waals surface area (Å²) in [7, 11) is 1.54. The van der Waals surface area contributed by atoms with Crippen molar-refractivity contribution < 1.29 is 27.4 Å². The number of fused-ring (bicyclic) bond motifs is 1. The van der Waals surface area contributed by atoms with E-state index < -0.39 is 12.1 Å². The first kappa shape index (κ1) is 20.2. The first-order valence-corrected chi connectivity index (χ1v) is 9.67. The molecule has 0 radical (unpaired) electrons. The number of carbonyl (C=O) groups excluding carboxylic acids is 1. The lowest BCUT2D eigenvalue weighted by Gasteiger charge is -2.35. The van der Waals surface area contributed by atoms with Gasteiger partial charge in [-0.1, -0.05) is 0 Å². The number of nitrogens with zero attached hydrogens (tertiary/aromatic N) is 1. The quantitative estimate of drug-likeness (QED) is 0.759. The second kappa shape index (κ2) is 7.97. The number of alkyl halides is 3. The number of carbonyl (C=O) groups is 1. The van der Waals surface area contributed by atoms with Gasteiger partial charge in [0.1, 0.15) is 11.5 Å². The van der Waals surface area contributed by atoms with Crippen LogP contribution < -0.4 is 25.0 Å². The lowest BCUT2D eigenvalue weighted by Crippen LogP contribution is -2.39. The number of nitrogens with one attached hydrogen (secondary N) is 2. The van der Waals surface area contributed by atoms with Crippen molar-refractivity contribution in [3.05, 3.63) is 36.4 Å². The predicted octanol–water partition coefficient (Wildman–Crippen LogP) is 4.55. The molecule has 1 fully saturated rings. The Morgan fingerprint density at radius 1 is 1.13 bits per heavy atom. The highest BCUT2D eigenvalue weighted by Gasteiger charge is 2.41. The van der Waals surface area contributed by atoms with E-state index in [1.807, 2.05) is 29.2 Å². The average molecular weight is 421 g/mol. The van der Waals surface area contributed by atoms with Gasteiger partial charge in [-0.2, -0.15) is 13.2 Å². The van der Waals surface area contributed by atoms with E-state index in [2.05, 4.69) is 10.6 Å². The fraction of sp³-hybridized carbons (Fsp3) is 0.381. The maximum atomic E-state index is 12.9. The second-order valence-electron chi connectivity index (χ2n) is 7.36. The molecule has 30 heavy (non-hydrogen) atoms. The summed E-state index contributed by atoms with van der Waals surface area (Å²) in [5.41, 5.74) is 2.93. The zero-order valence-corrected chi connectivity index (χ0v) is 16.4. The molecular formula is C21H22F3N3O3. The van der Waals surface area contributed by atoms with Gasteiger partial charge in [0.15, 0.2) is 6.61 Å². The third kappa shape index (κ3) is 4.24. The van der Waals surface area contributed by atoms with E-state index in [9.17, 15) is 18.0 Å². The first-order chi connectivity index (χ1) is 14.3. The highest BCUT2D eigenvalue weighted by Crippen LogP contribution is 2.39. The molecule has 0 saturated carbocycles. The minimum atomic E-state index is -4.13. The van der Waals surface area contributed by atoms with Crippen molar-refractivity contribution in [2.24, 2.45) is 5.92 Å². The van der Waals surface area contributed by atoms with Gasteiger partial charge in [0.2, 0.25) is 0 Å². The molecule has 0 unspecified atom stereocenters. The Hall–Kier alpha value is -3.10. The molecule has 0 atom stereocenters. The summed E-state index contributed by atoms with van der Waals surface area (Å²) in [6.45, 7) is 0.645. The molecule has 4 rings (SSSR count). The smallest absolute Gasteiger partial charge is 0.391 e. The fourth-order valence-corrected chi connectivity index (χ4v) is 3.78. The van der Waals surface area contributed by atoms with Gasteiger partial charge < -0.3 is 25.0 Å². The number of piperidine rings is 1. The van der Waals surface area contributed by atoms with Gasteiger partial charge in [-0.15, -0.1) is 0 Å². The Morgan fingerprint density at radius 2 is 1.83 bits per heavy atom. The topological polar surface area (TPSA) is 62.8 Å². The molecule has 2 aliphatic heterocycles.